The summed E-state index contributed by atoms with van der Waals surface area (Å²) in [5.74, 6) is 4.27. The number of alkyl halides is 2. The van der Waals surface area contributed by atoms with Crippen molar-refractivity contribution < 1.29 is 29.2 Å². The second-order valence-electron chi connectivity index (χ2n) is 22.2. The minimum Gasteiger partial charge on any atom is -0.394 e. The molecule has 0 aliphatic carbocycles. The van der Waals surface area contributed by atoms with Crippen LogP contribution in [-0.4, -0.2) is 84.1 Å². The Morgan fingerprint density at radius 1 is 0.272 bits per heavy atom. The van der Waals surface area contributed by atoms with Gasteiger partial charge in [0, 0.05) is 67.6 Å². The SMILES string of the molecule is CC.CC.CC.CC(C)O.CC(C)c1ccccc1.CC(C)c1ccccc1.CC(C)c1ccccn1.CC(C)c1cccnc1.CC(C)c1cccnc1.CC(C)c1cccnc1.CC(C)c1ccncc1.CCC(C)O.CCC(C)O.CCC(C)O.CF.CF. The zero-order chi connectivity index (χ0) is 73.3. The Bertz CT molecular complexity index is 1860. The summed E-state index contributed by atoms with van der Waals surface area (Å²) >= 11 is 0. The number of nitrogens with zero attached hydrogens (tertiary/aromatic N) is 5. The molecule has 0 bridgehead atoms. The molecule has 0 saturated carbocycles. The third kappa shape index (κ3) is 81.9. The van der Waals surface area contributed by atoms with Gasteiger partial charge in [-0.05, 0) is 171 Å². The highest BCUT2D eigenvalue weighted by Crippen LogP contribution is 2.15. The minimum absolute atomic E-state index is 0.116. The smallest absolute Gasteiger partial charge is 0.0785 e. The van der Waals surface area contributed by atoms with Gasteiger partial charge in [0.05, 0.1) is 32.7 Å². The topological polar surface area (TPSA) is 145 Å². The monoisotopic (exact) mass is 1290 g/mol. The van der Waals surface area contributed by atoms with E-state index in [-0.39, 0.29) is 24.4 Å². The van der Waals surface area contributed by atoms with Crippen molar-refractivity contribution in [3.8, 4) is 0 Å². The molecule has 0 amide bonds. The molecule has 3 unspecified atom stereocenters. The zero-order valence-electron chi connectivity index (χ0n) is 64.1. The quantitative estimate of drug-likeness (QED) is 0.105. The van der Waals surface area contributed by atoms with Gasteiger partial charge in [-0.1, -0.05) is 244 Å². The van der Waals surface area contributed by atoms with E-state index >= 15 is 0 Å². The first kappa shape index (κ1) is 105. The highest BCUT2D eigenvalue weighted by atomic mass is 19.1. The lowest BCUT2D eigenvalue weighted by Gasteiger charge is -2.01. The van der Waals surface area contributed by atoms with Crippen molar-refractivity contribution in [3.63, 3.8) is 0 Å². The van der Waals surface area contributed by atoms with Crippen LogP contribution in [0.4, 0.5) is 8.78 Å². The number of aromatic nitrogens is 5. The third-order valence-corrected chi connectivity index (χ3v) is 11.4. The molecule has 0 aliphatic heterocycles. The fourth-order valence-corrected chi connectivity index (χ4v) is 5.29. The molecule has 0 saturated heterocycles. The fraction of sp³-hybridized carbons (Fsp3) is 0.543. The van der Waals surface area contributed by atoms with Gasteiger partial charge in [0.1, 0.15) is 0 Å². The van der Waals surface area contributed by atoms with Gasteiger partial charge in [0.25, 0.3) is 0 Å². The molecule has 9 nitrogen and oxygen atoms in total. The average molecular weight is 1290 g/mol. The van der Waals surface area contributed by atoms with Crippen LogP contribution < -0.4 is 0 Å². The molecule has 5 heterocycles. The van der Waals surface area contributed by atoms with E-state index in [2.05, 4.69) is 189 Å². The minimum atomic E-state index is -0.167. The van der Waals surface area contributed by atoms with Gasteiger partial charge in [-0.2, -0.15) is 0 Å². The zero-order valence-corrected chi connectivity index (χ0v) is 64.1. The number of aliphatic hydroxyl groups is 4. The maximum absolute atomic E-state index is 9.50. The van der Waals surface area contributed by atoms with Crippen LogP contribution in [0.1, 0.15) is 294 Å². The van der Waals surface area contributed by atoms with Crippen LogP contribution in [0.25, 0.3) is 0 Å². The van der Waals surface area contributed by atoms with Gasteiger partial charge < -0.3 is 20.4 Å². The van der Waals surface area contributed by atoms with Crippen LogP contribution in [0.15, 0.2) is 183 Å². The van der Waals surface area contributed by atoms with E-state index in [1.807, 2.05) is 160 Å². The number of pyridine rings is 5. The van der Waals surface area contributed by atoms with E-state index in [1.54, 1.807) is 53.2 Å². The molecule has 528 valence electrons. The lowest BCUT2D eigenvalue weighted by atomic mass is 10.0. The molecule has 5 aromatic heterocycles. The molecule has 11 heteroatoms. The molecule has 0 spiro atoms. The van der Waals surface area contributed by atoms with Gasteiger partial charge in [-0.15, -0.1) is 0 Å². The molecule has 7 aromatic rings. The molecular formula is C81H141F2N5O4. The van der Waals surface area contributed by atoms with Crippen molar-refractivity contribution in [1.82, 2.24) is 24.9 Å². The number of halogens is 2. The van der Waals surface area contributed by atoms with Crippen molar-refractivity contribution >= 4 is 0 Å². The van der Waals surface area contributed by atoms with Crippen molar-refractivity contribution in [2.75, 3.05) is 14.4 Å². The first-order valence-corrected chi connectivity index (χ1v) is 33.8. The normalized spacial score (nSPS) is 10.1. The van der Waals surface area contributed by atoms with Crippen molar-refractivity contribution in [2.45, 2.75) is 279 Å². The molecule has 0 fully saturated rings. The van der Waals surface area contributed by atoms with Gasteiger partial charge >= 0.3 is 0 Å². The maximum atomic E-state index is 9.50. The number of hydrogen-bond donors (Lipinski definition) is 4. The second kappa shape index (κ2) is 81.0. The Morgan fingerprint density at radius 3 is 0.620 bits per heavy atom. The first-order chi connectivity index (χ1) is 43.7. The second-order valence-corrected chi connectivity index (χ2v) is 22.2. The van der Waals surface area contributed by atoms with Crippen LogP contribution in [-0.2, 0) is 0 Å². The Morgan fingerprint density at radius 2 is 0.489 bits per heavy atom. The molecule has 0 aliphatic rings. The number of rotatable bonds is 10. The van der Waals surface area contributed by atoms with Gasteiger partial charge in [-0.3, -0.25) is 33.7 Å². The summed E-state index contributed by atoms with van der Waals surface area (Å²) < 4.78 is 19.0. The molecule has 0 radical (unpaired) electrons. The van der Waals surface area contributed by atoms with Gasteiger partial charge in [0.15, 0.2) is 0 Å². The Balaban J connectivity index is -0.000000117. The largest absolute Gasteiger partial charge is 0.394 e. The predicted molar refractivity (Wildman–Crippen MR) is 404 cm³/mol. The number of benzene rings is 2. The number of aliphatic hydroxyl groups excluding tert-OH is 4. The van der Waals surface area contributed by atoms with Crippen molar-refractivity contribution in [2.24, 2.45) is 0 Å². The fourth-order valence-electron chi connectivity index (χ4n) is 5.29. The Labute approximate surface area is 567 Å². The molecule has 3 atom stereocenters. The molecule has 7 rings (SSSR count). The van der Waals surface area contributed by atoms with E-state index in [4.69, 9.17) is 20.4 Å². The summed E-state index contributed by atoms with van der Waals surface area (Å²) in [6, 6.07) is 43.3. The highest BCUT2D eigenvalue weighted by Gasteiger charge is 1.99. The average Bonchev–Trinajstić information content (AvgIpc) is 3.79. The molecule has 4 N–H and O–H groups in total. The standard InChI is InChI=1S/2C9H12.5C8H11N.3C4H10O.C3H8O.3C2H6.2CH3F/c2*1-8(2)9-6-4-3-5-7-9;1-7(2)8-3-5-9-6-4-8;3*1-7(2)8-4-3-5-9-6-8;1-7(2)8-5-3-4-6-9-8;3*1-3-4(2)5;1-3(2)4;5*1-2/h2*3-8H,1-2H3;5*3-7H,1-2H3;3*4-5H,3H2,1-2H3;3-4H,1-2H3;3*1-2H3;2*1H3. The summed E-state index contributed by atoms with van der Waals surface area (Å²) in [7, 11) is 1.00. The summed E-state index contributed by atoms with van der Waals surface area (Å²) in [5.41, 5.74) is 9.25. The van der Waals surface area contributed by atoms with Crippen LogP contribution in [0.5, 0.6) is 0 Å². The Hall–Kier alpha value is -6.11. The summed E-state index contributed by atoms with van der Waals surface area (Å²) in [4.78, 5) is 20.1. The third-order valence-electron chi connectivity index (χ3n) is 11.4. The number of hydrogen-bond acceptors (Lipinski definition) is 9. The maximum Gasteiger partial charge on any atom is 0.0785 e. The first-order valence-electron chi connectivity index (χ1n) is 33.8. The van der Waals surface area contributed by atoms with E-state index in [0.29, 0.717) is 55.8 Å². The van der Waals surface area contributed by atoms with Crippen LogP contribution >= 0.6 is 0 Å². The van der Waals surface area contributed by atoms with Crippen molar-refractivity contribution in [1.29, 1.82) is 0 Å². The lowest BCUT2D eigenvalue weighted by molar-refractivity contribution is 0.190. The summed E-state index contributed by atoms with van der Waals surface area (Å²) in [6.45, 7) is 57.1. The van der Waals surface area contributed by atoms with Crippen LogP contribution in [0.3, 0.4) is 0 Å². The van der Waals surface area contributed by atoms with Crippen LogP contribution in [0.2, 0.25) is 0 Å². The summed E-state index contributed by atoms with van der Waals surface area (Å²) in [5, 5.41) is 33.1. The van der Waals surface area contributed by atoms with Crippen LogP contribution in [0, 0.1) is 0 Å². The highest BCUT2D eigenvalue weighted by molar-refractivity contribution is 5.19. The predicted octanol–water partition coefficient (Wildman–Crippen LogP) is 23.6. The summed E-state index contributed by atoms with van der Waals surface area (Å²) in [6.07, 6.45) is 18.7. The Kier molecular flexibility index (Phi) is 92.2. The van der Waals surface area contributed by atoms with Gasteiger partial charge in [0.2, 0.25) is 0 Å². The van der Waals surface area contributed by atoms with Gasteiger partial charge in [-0.25, -0.2) is 0 Å². The molecular weight excluding hydrogens is 1140 g/mol. The van der Waals surface area contributed by atoms with E-state index in [9.17, 15) is 8.78 Å². The molecule has 2 aromatic carbocycles. The van der Waals surface area contributed by atoms with Crippen molar-refractivity contribution in [3.05, 3.63) is 222 Å². The van der Waals surface area contributed by atoms with E-state index < -0.39 is 0 Å². The van der Waals surface area contributed by atoms with E-state index in [1.165, 1.54) is 33.4 Å². The lowest BCUT2D eigenvalue weighted by Crippen LogP contribution is -1.93. The molecule has 92 heavy (non-hydrogen) atoms. The van der Waals surface area contributed by atoms with E-state index in [0.717, 1.165) is 25.0 Å².